The van der Waals surface area contributed by atoms with Crippen molar-refractivity contribution in [2.45, 2.75) is 50.7 Å². The molecule has 10 heteroatoms. The number of nitrogens with one attached hydrogen (secondary N) is 1. The van der Waals surface area contributed by atoms with Crippen molar-refractivity contribution in [3.8, 4) is 17.0 Å². The SMILES string of the molecule is CC(C)(C)OC(=O)NCC(O)(c1cc2c(c(-c3ccc(F)cc3)n1)OC[C@]2(C)CO)C(F)F. The van der Waals surface area contributed by atoms with Crippen molar-refractivity contribution in [1.82, 2.24) is 10.3 Å². The van der Waals surface area contributed by atoms with E-state index in [1.807, 2.05) is 0 Å². The molecule has 3 rings (SSSR count). The molecule has 180 valence electrons. The minimum atomic E-state index is -3.33. The third kappa shape index (κ3) is 5.06. The molecular formula is C23H27F3N2O5. The van der Waals surface area contributed by atoms with Crippen LogP contribution in [0.4, 0.5) is 18.0 Å². The molecule has 3 N–H and O–H groups in total. The summed E-state index contributed by atoms with van der Waals surface area (Å²) in [6.45, 7) is 5.33. The Morgan fingerprint density at radius 1 is 1.30 bits per heavy atom. The Morgan fingerprint density at radius 3 is 2.48 bits per heavy atom. The molecule has 2 heterocycles. The molecule has 2 aromatic rings. The Hall–Kier alpha value is -2.85. The van der Waals surface area contributed by atoms with Crippen LogP contribution in [0.2, 0.25) is 0 Å². The van der Waals surface area contributed by atoms with Crippen LogP contribution in [0.3, 0.4) is 0 Å². The average Bonchev–Trinajstić information content (AvgIpc) is 3.08. The Labute approximate surface area is 189 Å². The molecule has 1 aromatic heterocycles. The van der Waals surface area contributed by atoms with Crippen molar-refractivity contribution in [1.29, 1.82) is 0 Å². The van der Waals surface area contributed by atoms with Crippen LogP contribution in [0.15, 0.2) is 30.3 Å². The standard InChI is InChI=1S/C23H27F3N2O5/c1-21(2,3)33-20(30)27-10-23(31,19(25)26)16-9-15-18(32-12-22(15,4)11-29)17(28-16)13-5-7-14(24)8-6-13/h5-9,19,29,31H,10-12H2,1-4H3,(H,27,30)/t22-,23?/m0/s1. The van der Waals surface area contributed by atoms with Crippen LogP contribution in [-0.4, -0.2) is 53.1 Å². The second kappa shape index (κ2) is 8.83. The van der Waals surface area contributed by atoms with E-state index in [1.54, 1.807) is 27.7 Å². The molecule has 33 heavy (non-hydrogen) atoms. The smallest absolute Gasteiger partial charge is 0.407 e. The van der Waals surface area contributed by atoms with E-state index in [-0.39, 0.29) is 24.7 Å². The number of aromatic nitrogens is 1. The number of fused-ring (bicyclic) bond motifs is 1. The number of amides is 1. The lowest BCUT2D eigenvalue weighted by molar-refractivity contribution is -0.102. The summed E-state index contributed by atoms with van der Waals surface area (Å²) < 4.78 is 52.6. The predicted molar refractivity (Wildman–Crippen MR) is 114 cm³/mol. The van der Waals surface area contributed by atoms with Gasteiger partial charge in [0.15, 0.2) is 5.60 Å². The largest absolute Gasteiger partial charge is 0.490 e. The molecule has 0 radical (unpaired) electrons. The van der Waals surface area contributed by atoms with Crippen LogP contribution in [0.1, 0.15) is 39.0 Å². The van der Waals surface area contributed by atoms with Gasteiger partial charge in [-0.3, -0.25) is 0 Å². The van der Waals surface area contributed by atoms with Gasteiger partial charge in [-0.2, -0.15) is 0 Å². The van der Waals surface area contributed by atoms with Crippen LogP contribution >= 0.6 is 0 Å². The highest BCUT2D eigenvalue weighted by Crippen LogP contribution is 2.45. The molecule has 0 bridgehead atoms. The lowest BCUT2D eigenvalue weighted by Gasteiger charge is -2.29. The normalized spacial score (nSPS) is 19.6. The number of hydrogen-bond acceptors (Lipinski definition) is 6. The highest BCUT2D eigenvalue weighted by Gasteiger charge is 2.46. The van der Waals surface area contributed by atoms with E-state index in [9.17, 15) is 28.2 Å². The van der Waals surface area contributed by atoms with Crippen LogP contribution in [-0.2, 0) is 15.8 Å². The average molecular weight is 468 g/mol. The first kappa shape index (κ1) is 24.8. The zero-order valence-corrected chi connectivity index (χ0v) is 18.8. The van der Waals surface area contributed by atoms with Gasteiger partial charge in [0.25, 0.3) is 6.43 Å². The second-order valence-electron chi connectivity index (χ2n) is 9.33. The molecule has 0 fully saturated rings. The Balaban J connectivity index is 2.09. The van der Waals surface area contributed by atoms with Gasteiger partial charge in [0.05, 0.1) is 24.3 Å². The van der Waals surface area contributed by atoms with Gasteiger partial charge in [0.2, 0.25) is 0 Å². The first-order valence-corrected chi connectivity index (χ1v) is 10.3. The summed E-state index contributed by atoms with van der Waals surface area (Å²) >= 11 is 0. The van der Waals surface area contributed by atoms with Crippen LogP contribution < -0.4 is 10.1 Å². The van der Waals surface area contributed by atoms with Crippen molar-refractivity contribution in [3.63, 3.8) is 0 Å². The van der Waals surface area contributed by atoms with Gasteiger partial charge in [-0.25, -0.2) is 22.9 Å². The molecule has 1 amide bonds. The number of benzene rings is 1. The number of carbonyl (C=O) groups is 1. The molecule has 1 unspecified atom stereocenters. The maximum absolute atomic E-state index is 14.2. The van der Waals surface area contributed by atoms with E-state index < -0.39 is 47.2 Å². The minimum Gasteiger partial charge on any atom is -0.490 e. The molecular weight excluding hydrogens is 441 g/mol. The fourth-order valence-corrected chi connectivity index (χ4v) is 3.39. The lowest BCUT2D eigenvalue weighted by Crippen LogP contribution is -2.47. The molecule has 0 aliphatic carbocycles. The van der Waals surface area contributed by atoms with Crippen LogP contribution in [0.25, 0.3) is 11.3 Å². The number of halogens is 3. The summed E-state index contributed by atoms with van der Waals surface area (Å²) in [6, 6.07) is 6.41. The number of alkyl carbamates (subject to hydrolysis) is 1. The quantitative estimate of drug-likeness (QED) is 0.600. The maximum atomic E-state index is 14.2. The molecule has 0 saturated heterocycles. The first-order valence-electron chi connectivity index (χ1n) is 10.3. The minimum absolute atomic E-state index is 0.0570. The number of nitrogens with zero attached hydrogens (tertiary/aromatic N) is 1. The number of alkyl halides is 2. The van der Waals surface area contributed by atoms with E-state index in [0.717, 1.165) is 0 Å². The van der Waals surface area contributed by atoms with Crippen LogP contribution in [0.5, 0.6) is 5.75 Å². The number of pyridine rings is 1. The summed E-state index contributed by atoms with van der Waals surface area (Å²) in [5, 5.41) is 23.0. The number of aliphatic hydroxyl groups is 2. The van der Waals surface area contributed by atoms with E-state index in [1.165, 1.54) is 30.3 Å². The van der Waals surface area contributed by atoms with E-state index in [0.29, 0.717) is 11.1 Å². The predicted octanol–water partition coefficient (Wildman–Crippen LogP) is 3.51. The summed E-state index contributed by atoms with van der Waals surface area (Å²) in [7, 11) is 0. The third-order valence-electron chi connectivity index (χ3n) is 5.33. The first-order chi connectivity index (χ1) is 15.3. The van der Waals surface area contributed by atoms with Gasteiger partial charge >= 0.3 is 6.09 Å². The molecule has 1 aromatic carbocycles. The second-order valence-corrected chi connectivity index (χ2v) is 9.33. The van der Waals surface area contributed by atoms with Gasteiger partial charge in [-0.1, -0.05) is 0 Å². The molecule has 0 spiro atoms. The topological polar surface area (TPSA) is 101 Å². The summed E-state index contributed by atoms with van der Waals surface area (Å²) in [5.41, 5.74) is -4.27. The van der Waals surface area contributed by atoms with E-state index in [2.05, 4.69) is 10.3 Å². The van der Waals surface area contributed by atoms with Crippen molar-refractivity contribution in [2.24, 2.45) is 0 Å². The third-order valence-corrected chi connectivity index (χ3v) is 5.33. The van der Waals surface area contributed by atoms with Gasteiger partial charge in [-0.15, -0.1) is 0 Å². The van der Waals surface area contributed by atoms with Gasteiger partial charge < -0.3 is 25.0 Å². The summed E-state index contributed by atoms with van der Waals surface area (Å²) in [5.74, 6) is -0.253. The van der Waals surface area contributed by atoms with Gasteiger partial charge in [0.1, 0.15) is 29.5 Å². The number of aliphatic hydroxyl groups excluding tert-OH is 1. The Kier molecular flexibility index (Phi) is 6.63. The van der Waals surface area contributed by atoms with Gasteiger partial charge in [0, 0.05) is 11.1 Å². The monoisotopic (exact) mass is 468 g/mol. The molecule has 1 aliphatic rings. The molecule has 1 aliphatic heterocycles. The fraction of sp³-hybridized carbons (Fsp3) is 0.478. The molecule has 2 atom stereocenters. The van der Waals surface area contributed by atoms with Gasteiger partial charge in [-0.05, 0) is 58.0 Å². The zero-order valence-electron chi connectivity index (χ0n) is 18.8. The molecule has 0 saturated carbocycles. The highest BCUT2D eigenvalue weighted by atomic mass is 19.3. The number of ether oxygens (including phenoxy) is 2. The van der Waals surface area contributed by atoms with Crippen molar-refractivity contribution in [3.05, 3.63) is 47.4 Å². The number of carbonyl (C=O) groups excluding carboxylic acids is 1. The van der Waals surface area contributed by atoms with Crippen molar-refractivity contribution < 1.29 is 37.7 Å². The van der Waals surface area contributed by atoms with Crippen molar-refractivity contribution in [2.75, 3.05) is 19.8 Å². The van der Waals surface area contributed by atoms with E-state index in [4.69, 9.17) is 9.47 Å². The Bertz CT molecular complexity index is 1030. The highest BCUT2D eigenvalue weighted by molar-refractivity contribution is 5.71. The van der Waals surface area contributed by atoms with Crippen molar-refractivity contribution >= 4 is 6.09 Å². The maximum Gasteiger partial charge on any atom is 0.407 e. The lowest BCUT2D eigenvalue weighted by atomic mass is 9.83. The number of rotatable bonds is 6. The Morgan fingerprint density at radius 2 is 1.94 bits per heavy atom. The molecule has 7 nitrogen and oxygen atoms in total. The zero-order chi connectivity index (χ0) is 24.6. The fourth-order valence-electron chi connectivity index (χ4n) is 3.39. The summed E-state index contributed by atoms with van der Waals surface area (Å²) in [6.07, 6.45) is -4.31. The summed E-state index contributed by atoms with van der Waals surface area (Å²) in [4.78, 5) is 16.3. The van der Waals surface area contributed by atoms with Crippen LogP contribution in [0, 0.1) is 5.82 Å². The number of hydrogen-bond donors (Lipinski definition) is 3. The van der Waals surface area contributed by atoms with E-state index >= 15 is 0 Å².